The molecule has 0 bridgehead atoms. The molecule has 1 aromatic carbocycles. The average Bonchev–Trinajstić information content (AvgIpc) is 2.46. The summed E-state index contributed by atoms with van der Waals surface area (Å²) in [6.07, 6.45) is 0.764. The molecule has 0 aliphatic rings. The molecule has 0 spiro atoms. The zero-order chi connectivity index (χ0) is 14.3. The lowest BCUT2D eigenvalue weighted by Crippen LogP contribution is -2.42. The molecular formula is C14H23N3O2. The van der Waals surface area contributed by atoms with E-state index in [0.717, 1.165) is 17.9 Å². The summed E-state index contributed by atoms with van der Waals surface area (Å²) in [6.45, 7) is 3.78. The number of hydrogen-bond donors (Lipinski definition) is 1. The molecule has 1 aromatic rings. The molecule has 0 aliphatic heterocycles. The summed E-state index contributed by atoms with van der Waals surface area (Å²) in [5.74, 6) is 0.738. The van der Waals surface area contributed by atoms with E-state index in [4.69, 9.17) is 10.5 Å². The van der Waals surface area contributed by atoms with Crippen LogP contribution in [0.1, 0.15) is 13.3 Å². The Morgan fingerprint density at radius 1 is 1.42 bits per heavy atom. The number of ether oxygens (including phenoxy) is 1. The van der Waals surface area contributed by atoms with Gasteiger partial charge in [0.15, 0.2) is 0 Å². The highest BCUT2D eigenvalue weighted by molar-refractivity contribution is 5.92. The van der Waals surface area contributed by atoms with E-state index in [1.165, 1.54) is 0 Å². The second kappa shape index (κ2) is 7.63. The number of methoxy groups -OCH3 is 1. The van der Waals surface area contributed by atoms with Crippen LogP contribution >= 0.6 is 0 Å². The first-order valence-corrected chi connectivity index (χ1v) is 6.50. The van der Waals surface area contributed by atoms with Crippen molar-refractivity contribution in [3.8, 4) is 5.75 Å². The lowest BCUT2D eigenvalue weighted by Gasteiger charge is -2.27. The van der Waals surface area contributed by atoms with Crippen molar-refractivity contribution in [2.24, 2.45) is 5.73 Å². The van der Waals surface area contributed by atoms with Crippen molar-refractivity contribution in [2.45, 2.75) is 13.3 Å². The van der Waals surface area contributed by atoms with E-state index >= 15 is 0 Å². The number of amides is 2. The lowest BCUT2D eigenvalue weighted by molar-refractivity contribution is 0.217. The Morgan fingerprint density at radius 2 is 2.16 bits per heavy atom. The molecule has 106 valence electrons. The minimum atomic E-state index is -0.0239. The molecule has 5 nitrogen and oxygen atoms in total. The predicted octanol–water partition coefficient (Wildman–Crippen LogP) is 1.92. The van der Waals surface area contributed by atoms with E-state index in [-0.39, 0.29) is 6.03 Å². The SMILES string of the molecule is CCN(C)C(=O)N(CCCN)c1cccc(OC)c1. The van der Waals surface area contributed by atoms with E-state index in [2.05, 4.69) is 0 Å². The molecular weight excluding hydrogens is 242 g/mol. The van der Waals surface area contributed by atoms with Crippen LogP contribution in [0, 0.1) is 0 Å². The van der Waals surface area contributed by atoms with E-state index in [1.54, 1.807) is 24.0 Å². The van der Waals surface area contributed by atoms with Gasteiger partial charge in [-0.3, -0.25) is 4.90 Å². The van der Waals surface area contributed by atoms with Gasteiger partial charge < -0.3 is 15.4 Å². The maximum Gasteiger partial charge on any atom is 0.324 e. The maximum absolute atomic E-state index is 12.4. The highest BCUT2D eigenvalue weighted by Gasteiger charge is 2.18. The van der Waals surface area contributed by atoms with Crippen LogP contribution in [-0.2, 0) is 0 Å². The number of carbonyl (C=O) groups excluding carboxylic acids is 1. The van der Waals surface area contributed by atoms with E-state index in [0.29, 0.717) is 19.6 Å². The van der Waals surface area contributed by atoms with Crippen LogP contribution in [0.3, 0.4) is 0 Å². The third-order valence-electron chi connectivity index (χ3n) is 2.98. The number of hydrogen-bond acceptors (Lipinski definition) is 3. The summed E-state index contributed by atoms with van der Waals surface area (Å²) in [5, 5.41) is 0. The predicted molar refractivity (Wildman–Crippen MR) is 77.7 cm³/mol. The van der Waals surface area contributed by atoms with Crippen LogP contribution < -0.4 is 15.4 Å². The number of carbonyl (C=O) groups is 1. The van der Waals surface area contributed by atoms with Crippen molar-refractivity contribution >= 4 is 11.7 Å². The van der Waals surface area contributed by atoms with Gasteiger partial charge in [0, 0.05) is 31.9 Å². The topological polar surface area (TPSA) is 58.8 Å². The molecule has 0 aliphatic carbocycles. The Bertz CT molecular complexity index is 409. The molecule has 0 fully saturated rings. The van der Waals surface area contributed by atoms with Crippen molar-refractivity contribution < 1.29 is 9.53 Å². The van der Waals surface area contributed by atoms with Crippen LogP contribution in [0.4, 0.5) is 10.5 Å². The van der Waals surface area contributed by atoms with Gasteiger partial charge >= 0.3 is 6.03 Å². The Labute approximate surface area is 114 Å². The van der Waals surface area contributed by atoms with Gasteiger partial charge in [-0.2, -0.15) is 0 Å². The quantitative estimate of drug-likeness (QED) is 0.855. The summed E-state index contributed by atoms with van der Waals surface area (Å²) in [7, 11) is 3.40. The fourth-order valence-corrected chi connectivity index (χ4v) is 1.70. The standard InChI is InChI=1S/C14H23N3O2/c1-4-16(2)14(18)17(10-6-9-15)12-7-5-8-13(11-12)19-3/h5,7-8,11H,4,6,9-10,15H2,1-3H3. The van der Waals surface area contributed by atoms with Crippen molar-refractivity contribution in [3.05, 3.63) is 24.3 Å². The van der Waals surface area contributed by atoms with Crippen LogP contribution in [0.2, 0.25) is 0 Å². The van der Waals surface area contributed by atoms with Crippen LogP contribution in [-0.4, -0.2) is 44.7 Å². The number of nitrogens with two attached hydrogens (primary N) is 1. The lowest BCUT2D eigenvalue weighted by atomic mass is 10.2. The molecule has 1 rings (SSSR count). The summed E-state index contributed by atoms with van der Waals surface area (Å²) in [6, 6.07) is 7.48. The van der Waals surface area contributed by atoms with Crippen LogP contribution in [0.15, 0.2) is 24.3 Å². The van der Waals surface area contributed by atoms with E-state index in [1.807, 2.05) is 31.2 Å². The smallest absolute Gasteiger partial charge is 0.324 e. The average molecular weight is 265 g/mol. The van der Waals surface area contributed by atoms with Gasteiger partial charge in [-0.25, -0.2) is 4.79 Å². The third kappa shape index (κ3) is 4.13. The van der Waals surface area contributed by atoms with Crippen molar-refractivity contribution in [2.75, 3.05) is 38.7 Å². The van der Waals surface area contributed by atoms with Crippen LogP contribution in [0.5, 0.6) is 5.75 Å². The van der Waals surface area contributed by atoms with Crippen molar-refractivity contribution in [1.82, 2.24) is 4.90 Å². The molecule has 19 heavy (non-hydrogen) atoms. The molecule has 5 heteroatoms. The molecule has 2 N–H and O–H groups in total. The van der Waals surface area contributed by atoms with Crippen molar-refractivity contribution in [3.63, 3.8) is 0 Å². The number of anilines is 1. The van der Waals surface area contributed by atoms with Gasteiger partial charge in [-0.1, -0.05) is 6.07 Å². The molecule has 2 amide bonds. The second-order valence-electron chi connectivity index (χ2n) is 4.29. The normalized spacial score (nSPS) is 10.1. The zero-order valence-corrected chi connectivity index (χ0v) is 11.9. The largest absolute Gasteiger partial charge is 0.497 e. The molecule has 0 unspecified atom stereocenters. The van der Waals surface area contributed by atoms with Gasteiger partial charge in [0.25, 0.3) is 0 Å². The Morgan fingerprint density at radius 3 is 2.74 bits per heavy atom. The first-order valence-electron chi connectivity index (χ1n) is 6.50. The minimum Gasteiger partial charge on any atom is -0.497 e. The molecule has 0 heterocycles. The minimum absolute atomic E-state index is 0.0239. The fraction of sp³-hybridized carbons (Fsp3) is 0.500. The van der Waals surface area contributed by atoms with Gasteiger partial charge in [0.1, 0.15) is 5.75 Å². The summed E-state index contributed by atoms with van der Waals surface area (Å²) >= 11 is 0. The monoisotopic (exact) mass is 265 g/mol. The molecule has 0 aromatic heterocycles. The summed E-state index contributed by atoms with van der Waals surface area (Å²) in [4.78, 5) is 15.8. The van der Waals surface area contributed by atoms with Gasteiger partial charge in [0.2, 0.25) is 0 Å². The first kappa shape index (κ1) is 15.3. The Hall–Kier alpha value is -1.75. The highest BCUT2D eigenvalue weighted by Crippen LogP contribution is 2.22. The summed E-state index contributed by atoms with van der Waals surface area (Å²) < 4.78 is 5.20. The first-order chi connectivity index (χ1) is 9.13. The Kier molecular flexibility index (Phi) is 6.15. The maximum atomic E-state index is 12.4. The zero-order valence-electron chi connectivity index (χ0n) is 11.9. The number of nitrogens with zero attached hydrogens (tertiary/aromatic N) is 2. The highest BCUT2D eigenvalue weighted by atomic mass is 16.5. The fourth-order valence-electron chi connectivity index (χ4n) is 1.70. The van der Waals surface area contributed by atoms with Crippen molar-refractivity contribution in [1.29, 1.82) is 0 Å². The summed E-state index contributed by atoms with van der Waals surface area (Å²) in [5.41, 5.74) is 6.38. The van der Waals surface area contributed by atoms with Gasteiger partial charge in [-0.05, 0) is 32.0 Å². The van der Waals surface area contributed by atoms with Gasteiger partial charge in [0.05, 0.1) is 7.11 Å². The molecule has 0 atom stereocenters. The number of urea groups is 1. The third-order valence-corrected chi connectivity index (χ3v) is 2.98. The Balaban J connectivity index is 2.97. The van der Waals surface area contributed by atoms with Crippen LogP contribution in [0.25, 0.3) is 0 Å². The molecule has 0 saturated carbocycles. The number of benzene rings is 1. The number of rotatable bonds is 6. The molecule has 0 saturated heterocycles. The molecule has 0 radical (unpaired) electrons. The van der Waals surface area contributed by atoms with E-state index in [9.17, 15) is 4.79 Å². The van der Waals surface area contributed by atoms with Gasteiger partial charge in [-0.15, -0.1) is 0 Å². The second-order valence-corrected chi connectivity index (χ2v) is 4.29. The van der Waals surface area contributed by atoms with E-state index < -0.39 is 0 Å².